The van der Waals surface area contributed by atoms with Gasteiger partial charge in [-0.3, -0.25) is 4.90 Å². The maximum atomic E-state index is 2.44. The molecule has 1 aromatic rings. The zero-order valence-corrected chi connectivity index (χ0v) is 9.99. The molecular formula is C11H22N3+. The van der Waals surface area contributed by atoms with Crippen LogP contribution in [0.1, 0.15) is 32.8 Å². The molecule has 0 aromatic carbocycles. The van der Waals surface area contributed by atoms with E-state index in [4.69, 9.17) is 0 Å². The first-order chi connectivity index (χ1) is 6.61. The van der Waals surface area contributed by atoms with Gasteiger partial charge in [0.1, 0.15) is 12.4 Å². The average Bonchev–Trinajstić information content (AvgIpc) is 2.49. The lowest BCUT2D eigenvalue weighted by Gasteiger charge is -2.23. The van der Waals surface area contributed by atoms with Gasteiger partial charge in [-0.15, -0.1) is 0 Å². The fraction of sp³-hybridized carbons (Fsp3) is 0.727. The summed E-state index contributed by atoms with van der Waals surface area (Å²) in [5, 5.41) is 0. The first-order valence-electron chi connectivity index (χ1n) is 5.38. The Morgan fingerprint density at radius 2 is 2.00 bits per heavy atom. The second-order valence-electron chi connectivity index (χ2n) is 3.72. The first-order valence-corrected chi connectivity index (χ1v) is 5.38. The van der Waals surface area contributed by atoms with Gasteiger partial charge in [0.15, 0.2) is 6.17 Å². The molecule has 0 aliphatic heterocycles. The molecule has 0 aliphatic rings. The van der Waals surface area contributed by atoms with Crippen LogP contribution in [0.25, 0.3) is 0 Å². The summed E-state index contributed by atoms with van der Waals surface area (Å²) in [5.41, 5.74) is 0. The van der Waals surface area contributed by atoms with Crippen molar-refractivity contribution in [2.24, 2.45) is 7.05 Å². The lowest BCUT2D eigenvalue weighted by Crippen LogP contribution is -2.35. The molecule has 0 radical (unpaired) electrons. The summed E-state index contributed by atoms with van der Waals surface area (Å²) in [5.74, 6) is 1.30. The summed E-state index contributed by atoms with van der Waals surface area (Å²) in [6, 6.07) is 0. The monoisotopic (exact) mass is 196 g/mol. The van der Waals surface area contributed by atoms with Crippen LogP contribution in [0.2, 0.25) is 0 Å². The van der Waals surface area contributed by atoms with E-state index in [1.165, 1.54) is 5.82 Å². The predicted molar refractivity (Wildman–Crippen MR) is 58.0 cm³/mol. The molecule has 0 bridgehead atoms. The van der Waals surface area contributed by atoms with Gasteiger partial charge in [-0.1, -0.05) is 13.8 Å². The lowest BCUT2D eigenvalue weighted by atomic mass is 10.4. The van der Waals surface area contributed by atoms with Crippen molar-refractivity contribution in [1.29, 1.82) is 0 Å². The zero-order valence-electron chi connectivity index (χ0n) is 9.99. The molecule has 3 heteroatoms. The second-order valence-corrected chi connectivity index (χ2v) is 3.72. The average molecular weight is 196 g/mol. The van der Waals surface area contributed by atoms with Crippen molar-refractivity contribution in [3.05, 3.63) is 18.2 Å². The summed E-state index contributed by atoms with van der Waals surface area (Å²) >= 11 is 0. The smallest absolute Gasteiger partial charge is 0.254 e. The predicted octanol–water partition coefficient (Wildman–Crippen LogP) is 1.48. The quantitative estimate of drug-likeness (QED) is 0.664. The van der Waals surface area contributed by atoms with E-state index >= 15 is 0 Å². The van der Waals surface area contributed by atoms with Crippen LogP contribution < -0.4 is 4.57 Å². The van der Waals surface area contributed by atoms with Crippen molar-refractivity contribution in [2.45, 2.75) is 33.9 Å². The molecule has 1 atom stereocenters. The van der Waals surface area contributed by atoms with Crippen molar-refractivity contribution < 1.29 is 4.57 Å². The Morgan fingerprint density at radius 3 is 2.36 bits per heavy atom. The maximum Gasteiger partial charge on any atom is 0.254 e. The van der Waals surface area contributed by atoms with Crippen LogP contribution in [-0.2, 0) is 7.05 Å². The Labute approximate surface area is 87.0 Å². The SMILES string of the molecule is CCN(CC)C(C)n1cc[n+](C)c1C. The summed E-state index contributed by atoms with van der Waals surface area (Å²) in [6.07, 6.45) is 4.71. The van der Waals surface area contributed by atoms with Gasteiger partial charge in [-0.2, -0.15) is 0 Å². The van der Waals surface area contributed by atoms with Gasteiger partial charge < -0.3 is 0 Å². The van der Waals surface area contributed by atoms with Crippen molar-refractivity contribution >= 4 is 0 Å². The highest BCUT2D eigenvalue weighted by Gasteiger charge is 2.19. The maximum absolute atomic E-state index is 2.44. The molecule has 0 saturated carbocycles. The molecule has 0 fully saturated rings. The molecule has 0 N–H and O–H groups in total. The Kier molecular flexibility index (Phi) is 3.69. The van der Waals surface area contributed by atoms with Gasteiger partial charge in [0.2, 0.25) is 0 Å². The topological polar surface area (TPSA) is 12.1 Å². The van der Waals surface area contributed by atoms with Crippen LogP contribution in [0.3, 0.4) is 0 Å². The minimum absolute atomic E-state index is 0.450. The number of aromatic nitrogens is 2. The lowest BCUT2D eigenvalue weighted by molar-refractivity contribution is -0.677. The van der Waals surface area contributed by atoms with E-state index in [-0.39, 0.29) is 0 Å². The van der Waals surface area contributed by atoms with E-state index in [9.17, 15) is 0 Å². The molecule has 0 amide bonds. The number of hydrogen-bond donors (Lipinski definition) is 0. The normalized spacial score (nSPS) is 13.6. The van der Waals surface area contributed by atoms with Gasteiger partial charge in [0.05, 0.1) is 7.05 Å². The molecular weight excluding hydrogens is 174 g/mol. The summed E-state index contributed by atoms with van der Waals surface area (Å²) < 4.78 is 4.47. The Morgan fingerprint density at radius 1 is 1.43 bits per heavy atom. The molecule has 80 valence electrons. The Bertz CT molecular complexity index is 287. The highest BCUT2D eigenvalue weighted by atomic mass is 15.3. The van der Waals surface area contributed by atoms with Crippen LogP contribution >= 0.6 is 0 Å². The summed E-state index contributed by atoms with van der Waals surface area (Å²) in [6.45, 7) is 11.0. The van der Waals surface area contributed by atoms with Crippen LogP contribution in [0.4, 0.5) is 0 Å². The minimum Gasteiger partial charge on any atom is -0.266 e. The Balaban J connectivity index is 2.87. The largest absolute Gasteiger partial charge is 0.266 e. The van der Waals surface area contributed by atoms with E-state index in [0.717, 1.165) is 13.1 Å². The third-order valence-corrected chi connectivity index (χ3v) is 3.08. The number of hydrogen-bond acceptors (Lipinski definition) is 1. The summed E-state index contributed by atoms with van der Waals surface area (Å²) in [7, 11) is 2.08. The molecule has 3 nitrogen and oxygen atoms in total. The van der Waals surface area contributed by atoms with Crippen LogP contribution in [0.5, 0.6) is 0 Å². The van der Waals surface area contributed by atoms with Gasteiger partial charge in [0, 0.05) is 6.92 Å². The van der Waals surface area contributed by atoms with Gasteiger partial charge in [-0.05, 0) is 20.0 Å². The number of aryl methyl sites for hydroxylation is 1. The molecule has 1 heterocycles. The number of nitrogens with zero attached hydrogens (tertiary/aromatic N) is 3. The number of rotatable bonds is 4. The van der Waals surface area contributed by atoms with Crippen LogP contribution in [0, 0.1) is 6.92 Å². The summed E-state index contributed by atoms with van der Waals surface area (Å²) in [4.78, 5) is 2.44. The Hall–Kier alpha value is -0.830. The molecule has 14 heavy (non-hydrogen) atoms. The second kappa shape index (κ2) is 4.60. The van der Waals surface area contributed by atoms with Crippen molar-refractivity contribution in [3.63, 3.8) is 0 Å². The van der Waals surface area contributed by atoms with E-state index in [0.29, 0.717) is 6.17 Å². The molecule has 0 saturated heterocycles. The molecule has 1 aromatic heterocycles. The van der Waals surface area contributed by atoms with Gasteiger partial charge in [-0.25, -0.2) is 9.13 Å². The van der Waals surface area contributed by atoms with Crippen LogP contribution in [0.15, 0.2) is 12.4 Å². The van der Waals surface area contributed by atoms with E-state index in [2.05, 4.69) is 61.2 Å². The van der Waals surface area contributed by atoms with E-state index in [1.54, 1.807) is 0 Å². The third-order valence-electron chi connectivity index (χ3n) is 3.08. The van der Waals surface area contributed by atoms with Crippen molar-refractivity contribution in [3.8, 4) is 0 Å². The fourth-order valence-electron chi connectivity index (χ4n) is 1.89. The van der Waals surface area contributed by atoms with E-state index < -0.39 is 0 Å². The molecule has 0 aliphatic carbocycles. The highest BCUT2D eigenvalue weighted by Crippen LogP contribution is 2.12. The van der Waals surface area contributed by atoms with E-state index in [1.807, 2.05) is 0 Å². The standard InChI is InChI=1S/C11H22N3/c1-6-13(7-2)11(4)14-9-8-12(5)10(14)3/h8-9,11H,6-7H2,1-5H3/q+1. The van der Waals surface area contributed by atoms with Crippen LogP contribution in [-0.4, -0.2) is 22.6 Å². The molecule has 0 spiro atoms. The molecule has 1 unspecified atom stereocenters. The number of imidazole rings is 1. The van der Waals surface area contributed by atoms with Crippen molar-refractivity contribution in [1.82, 2.24) is 9.47 Å². The van der Waals surface area contributed by atoms with Gasteiger partial charge >= 0.3 is 0 Å². The minimum atomic E-state index is 0.450. The highest BCUT2D eigenvalue weighted by molar-refractivity contribution is 4.83. The fourth-order valence-corrected chi connectivity index (χ4v) is 1.89. The van der Waals surface area contributed by atoms with Crippen molar-refractivity contribution in [2.75, 3.05) is 13.1 Å². The molecule has 1 rings (SSSR count). The first kappa shape index (κ1) is 11.2. The third kappa shape index (κ3) is 1.98. The zero-order chi connectivity index (χ0) is 10.7. The van der Waals surface area contributed by atoms with Gasteiger partial charge in [0.25, 0.3) is 5.82 Å².